The number of halogens is 1. The van der Waals surface area contributed by atoms with Crippen LogP contribution in [-0.4, -0.2) is 36.1 Å². The van der Waals surface area contributed by atoms with Gasteiger partial charge in [0.1, 0.15) is 6.10 Å². The van der Waals surface area contributed by atoms with Crippen molar-refractivity contribution in [3.05, 3.63) is 96.1 Å². The first-order valence-corrected chi connectivity index (χ1v) is 11.9. The molecule has 35 heavy (non-hydrogen) atoms. The van der Waals surface area contributed by atoms with E-state index >= 15 is 0 Å². The van der Waals surface area contributed by atoms with Crippen LogP contribution < -0.4 is 0 Å². The molecular weight excluding hydrogens is 458 g/mol. The first-order chi connectivity index (χ1) is 16.7. The Morgan fingerprint density at radius 1 is 0.829 bits per heavy atom. The summed E-state index contributed by atoms with van der Waals surface area (Å²) in [5, 5.41) is 8.59. The van der Waals surface area contributed by atoms with E-state index in [1.165, 1.54) is 12.8 Å². The Morgan fingerprint density at radius 3 is 1.97 bits per heavy atom. The van der Waals surface area contributed by atoms with Crippen molar-refractivity contribution < 1.29 is 9.53 Å². The van der Waals surface area contributed by atoms with E-state index in [0.29, 0.717) is 17.7 Å². The third kappa shape index (κ3) is 6.05. The number of benzene rings is 3. The molecule has 180 valence electrons. The molecule has 0 amide bonds. The van der Waals surface area contributed by atoms with Crippen LogP contribution in [0.3, 0.4) is 0 Å². The quantitative estimate of drug-likeness (QED) is 0.159. The number of carbonyl (C=O) groups excluding carboxylic acids is 1. The second-order valence-electron chi connectivity index (χ2n) is 9.10. The average molecular weight is 488 g/mol. The van der Waals surface area contributed by atoms with E-state index in [1.54, 1.807) is 0 Å². The summed E-state index contributed by atoms with van der Waals surface area (Å²) in [5.74, 6) is -0.267. The van der Waals surface area contributed by atoms with Crippen molar-refractivity contribution in [2.45, 2.75) is 43.9 Å². The minimum atomic E-state index is -0.267. The van der Waals surface area contributed by atoms with E-state index in [9.17, 15) is 4.79 Å². The van der Waals surface area contributed by atoms with Crippen LogP contribution in [0.4, 0.5) is 11.4 Å². The lowest BCUT2D eigenvalue weighted by Gasteiger charge is -2.35. The lowest BCUT2D eigenvalue weighted by atomic mass is 9.99. The van der Waals surface area contributed by atoms with E-state index in [0.717, 1.165) is 35.3 Å². The standard InChI is InChI=1S/C29H29N3O2.ClH/c1-32-25-16-17-26(32)20-27(19-25)34-29(33)28(18-21-8-4-2-5-9-21)22-12-14-24(15-13-22)31-30-23-10-6-3-7-11-23;/h2-15,18,25-27H,16-17,19-20H2,1H3;1H/b28-18+,31-30?;/t25-,26+,27?;. The molecule has 5 nitrogen and oxygen atoms in total. The van der Waals surface area contributed by atoms with Crippen LogP contribution in [-0.2, 0) is 9.53 Å². The Balaban J connectivity index is 0.00000289. The highest BCUT2D eigenvalue weighted by Gasteiger charge is 2.40. The number of nitrogens with zero attached hydrogens (tertiary/aromatic N) is 3. The monoisotopic (exact) mass is 487 g/mol. The van der Waals surface area contributed by atoms with Gasteiger partial charge >= 0.3 is 5.97 Å². The van der Waals surface area contributed by atoms with Gasteiger partial charge in [-0.05, 0) is 61.4 Å². The van der Waals surface area contributed by atoms with Gasteiger partial charge in [-0.1, -0.05) is 60.7 Å². The number of ether oxygens (including phenoxy) is 1. The van der Waals surface area contributed by atoms with Crippen LogP contribution in [0.5, 0.6) is 0 Å². The number of fused-ring (bicyclic) bond motifs is 2. The zero-order valence-electron chi connectivity index (χ0n) is 19.8. The van der Waals surface area contributed by atoms with E-state index in [1.807, 2.05) is 91.0 Å². The molecule has 2 saturated heterocycles. The maximum absolute atomic E-state index is 13.4. The molecule has 2 aliphatic rings. The van der Waals surface area contributed by atoms with Gasteiger partial charge in [0.25, 0.3) is 0 Å². The molecule has 2 aliphatic heterocycles. The summed E-state index contributed by atoms with van der Waals surface area (Å²) in [6.07, 6.45) is 6.10. The number of rotatable bonds is 6. The number of hydrogen-bond acceptors (Lipinski definition) is 5. The molecular formula is C29H30ClN3O2. The molecule has 2 heterocycles. The normalized spacial score (nSPS) is 22.1. The molecule has 0 spiro atoms. The zero-order valence-corrected chi connectivity index (χ0v) is 20.6. The number of azo groups is 1. The van der Waals surface area contributed by atoms with Gasteiger partial charge in [-0.3, -0.25) is 0 Å². The second-order valence-corrected chi connectivity index (χ2v) is 9.10. The second kappa shape index (κ2) is 11.4. The fraction of sp³-hybridized carbons (Fsp3) is 0.276. The highest BCUT2D eigenvalue weighted by atomic mass is 35.5. The lowest BCUT2D eigenvalue weighted by Crippen LogP contribution is -2.43. The van der Waals surface area contributed by atoms with Crippen molar-refractivity contribution in [2.24, 2.45) is 10.2 Å². The van der Waals surface area contributed by atoms with E-state index in [4.69, 9.17) is 4.74 Å². The SMILES string of the molecule is CN1[C@@H]2CC[C@H]1CC(OC(=O)/C(=C/c1ccccc1)c1ccc(N=Nc3ccccc3)cc1)C2.Cl. The van der Waals surface area contributed by atoms with Crippen LogP contribution in [0.25, 0.3) is 11.6 Å². The van der Waals surface area contributed by atoms with E-state index in [-0.39, 0.29) is 24.5 Å². The predicted octanol–water partition coefficient (Wildman–Crippen LogP) is 7.23. The van der Waals surface area contributed by atoms with Gasteiger partial charge in [-0.25, -0.2) is 4.79 Å². The van der Waals surface area contributed by atoms with Crippen molar-refractivity contribution >= 4 is 41.4 Å². The molecule has 0 aliphatic carbocycles. The first kappa shape index (κ1) is 24.8. The first-order valence-electron chi connectivity index (χ1n) is 11.9. The molecule has 0 saturated carbocycles. The van der Waals surface area contributed by atoms with Crippen molar-refractivity contribution in [3.63, 3.8) is 0 Å². The van der Waals surface area contributed by atoms with Gasteiger partial charge in [0.05, 0.1) is 16.9 Å². The Hall–Kier alpha value is -3.28. The molecule has 5 rings (SSSR count). The molecule has 3 aromatic rings. The Bertz CT molecular complexity index is 1170. The third-order valence-corrected chi connectivity index (χ3v) is 6.87. The number of piperidine rings is 1. The van der Waals surface area contributed by atoms with Gasteiger partial charge in [-0.15, -0.1) is 12.4 Å². The highest BCUT2D eigenvalue weighted by molar-refractivity contribution is 6.21. The fourth-order valence-corrected chi connectivity index (χ4v) is 4.97. The molecule has 2 bridgehead atoms. The van der Waals surface area contributed by atoms with Gasteiger partial charge in [0, 0.05) is 24.9 Å². The molecule has 1 unspecified atom stereocenters. The topological polar surface area (TPSA) is 54.3 Å². The Morgan fingerprint density at radius 2 is 1.37 bits per heavy atom. The number of esters is 1. The predicted molar refractivity (Wildman–Crippen MR) is 142 cm³/mol. The average Bonchev–Trinajstić information content (AvgIpc) is 3.07. The maximum Gasteiger partial charge on any atom is 0.339 e. The lowest BCUT2D eigenvalue weighted by molar-refractivity contribution is -0.144. The third-order valence-electron chi connectivity index (χ3n) is 6.87. The van der Waals surface area contributed by atoms with E-state index < -0.39 is 0 Å². The van der Waals surface area contributed by atoms with Crippen molar-refractivity contribution in [2.75, 3.05) is 7.05 Å². The summed E-state index contributed by atoms with van der Waals surface area (Å²) in [6, 6.07) is 28.1. The minimum absolute atomic E-state index is 0. The van der Waals surface area contributed by atoms with Crippen LogP contribution in [0.2, 0.25) is 0 Å². The van der Waals surface area contributed by atoms with Crippen LogP contribution in [0, 0.1) is 0 Å². The van der Waals surface area contributed by atoms with Crippen LogP contribution >= 0.6 is 12.4 Å². The van der Waals surface area contributed by atoms with Gasteiger partial charge < -0.3 is 9.64 Å². The van der Waals surface area contributed by atoms with Crippen LogP contribution in [0.15, 0.2) is 95.2 Å². The summed E-state index contributed by atoms with van der Waals surface area (Å²) in [6.45, 7) is 0. The molecule has 3 atom stereocenters. The molecule has 0 radical (unpaired) electrons. The summed E-state index contributed by atoms with van der Waals surface area (Å²) < 4.78 is 6.07. The molecule has 0 N–H and O–H groups in total. The van der Waals surface area contributed by atoms with Crippen LogP contribution in [0.1, 0.15) is 36.8 Å². The summed E-state index contributed by atoms with van der Waals surface area (Å²) in [5.41, 5.74) is 3.86. The number of hydrogen-bond donors (Lipinski definition) is 0. The largest absolute Gasteiger partial charge is 0.459 e. The summed E-state index contributed by atoms with van der Waals surface area (Å²) >= 11 is 0. The van der Waals surface area contributed by atoms with Crippen molar-refractivity contribution in [3.8, 4) is 0 Å². The molecule has 0 aromatic heterocycles. The smallest absolute Gasteiger partial charge is 0.339 e. The number of carbonyl (C=O) groups is 1. The fourth-order valence-electron chi connectivity index (χ4n) is 4.97. The van der Waals surface area contributed by atoms with Crippen molar-refractivity contribution in [1.82, 2.24) is 4.90 Å². The van der Waals surface area contributed by atoms with Gasteiger partial charge in [0.2, 0.25) is 0 Å². The molecule has 2 fully saturated rings. The van der Waals surface area contributed by atoms with E-state index in [2.05, 4.69) is 22.2 Å². The highest BCUT2D eigenvalue weighted by Crippen LogP contribution is 2.36. The Labute approximate surface area is 212 Å². The minimum Gasteiger partial charge on any atom is -0.459 e. The molecule has 3 aromatic carbocycles. The summed E-state index contributed by atoms with van der Waals surface area (Å²) in [4.78, 5) is 15.8. The van der Waals surface area contributed by atoms with Gasteiger partial charge in [-0.2, -0.15) is 10.2 Å². The van der Waals surface area contributed by atoms with Gasteiger partial charge in [0.15, 0.2) is 0 Å². The zero-order chi connectivity index (χ0) is 23.3. The molecule has 6 heteroatoms. The van der Waals surface area contributed by atoms with Crippen molar-refractivity contribution in [1.29, 1.82) is 0 Å². The maximum atomic E-state index is 13.4. The Kier molecular flexibility index (Phi) is 8.11. The summed E-state index contributed by atoms with van der Waals surface area (Å²) in [7, 11) is 2.19.